The van der Waals surface area contributed by atoms with E-state index in [9.17, 15) is 9.59 Å². The number of rotatable bonds is 9. The number of carbonyl (C=O) groups is 2. The molecule has 0 aliphatic carbocycles. The molecule has 10 nitrogen and oxygen atoms in total. The van der Waals surface area contributed by atoms with Gasteiger partial charge in [0, 0.05) is 65.1 Å². The van der Waals surface area contributed by atoms with Crippen LogP contribution in [0.1, 0.15) is 42.1 Å². The topological polar surface area (TPSA) is 109 Å². The number of nitrogens with zero attached hydrogens (tertiary/aromatic N) is 4. The van der Waals surface area contributed by atoms with E-state index in [-0.39, 0.29) is 11.9 Å². The molecular weight excluding hydrogens is 460 g/mol. The lowest BCUT2D eigenvalue weighted by Gasteiger charge is -2.36. The van der Waals surface area contributed by atoms with Crippen LogP contribution in [-0.2, 0) is 14.4 Å². The van der Waals surface area contributed by atoms with Gasteiger partial charge >= 0.3 is 0 Å². The van der Waals surface area contributed by atoms with Gasteiger partial charge in [0.1, 0.15) is 0 Å². The summed E-state index contributed by atoms with van der Waals surface area (Å²) < 4.78 is 5.44. The van der Waals surface area contributed by atoms with E-state index in [1.54, 1.807) is 6.92 Å². The number of amides is 2. The molecule has 2 aliphatic heterocycles. The van der Waals surface area contributed by atoms with Gasteiger partial charge in [-0.15, -0.1) is 0 Å². The molecule has 2 atom stereocenters. The lowest BCUT2D eigenvalue weighted by atomic mass is 10.1. The third kappa shape index (κ3) is 7.84. The van der Waals surface area contributed by atoms with Crippen LogP contribution in [0.4, 0.5) is 5.95 Å². The first-order valence-electron chi connectivity index (χ1n) is 12.4. The molecule has 4 rings (SSSR count). The van der Waals surface area contributed by atoms with Gasteiger partial charge in [0.05, 0.1) is 11.6 Å². The van der Waals surface area contributed by atoms with E-state index >= 15 is 0 Å². The molecule has 0 bridgehead atoms. The van der Waals surface area contributed by atoms with E-state index in [0.29, 0.717) is 18.1 Å². The van der Waals surface area contributed by atoms with Crippen molar-refractivity contribution in [2.75, 3.05) is 44.2 Å². The van der Waals surface area contributed by atoms with Crippen LogP contribution in [0.5, 0.6) is 0 Å². The molecule has 3 heterocycles. The molecule has 2 unspecified atom stereocenters. The van der Waals surface area contributed by atoms with Gasteiger partial charge < -0.3 is 15.0 Å². The van der Waals surface area contributed by atoms with Gasteiger partial charge in [-0.05, 0) is 18.4 Å². The first-order valence-corrected chi connectivity index (χ1v) is 12.4. The second-order valence-electron chi connectivity index (χ2n) is 8.98. The summed E-state index contributed by atoms with van der Waals surface area (Å²) >= 11 is 0. The Labute approximate surface area is 211 Å². The summed E-state index contributed by atoms with van der Waals surface area (Å²) in [5.74, 6) is 0.142. The van der Waals surface area contributed by atoms with Crippen molar-refractivity contribution in [2.24, 2.45) is 0 Å². The fourth-order valence-corrected chi connectivity index (χ4v) is 4.20. The van der Waals surface area contributed by atoms with Crippen molar-refractivity contribution in [3.05, 3.63) is 59.9 Å². The highest BCUT2D eigenvalue weighted by molar-refractivity contribution is 5.92. The zero-order valence-corrected chi connectivity index (χ0v) is 20.6. The Morgan fingerprint density at radius 1 is 1.14 bits per heavy atom. The van der Waals surface area contributed by atoms with Crippen molar-refractivity contribution >= 4 is 23.8 Å². The smallest absolute Gasteiger partial charge is 0.278 e. The normalized spacial score (nSPS) is 19.7. The lowest BCUT2D eigenvalue weighted by Crippen LogP contribution is -2.51. The molecule has 10 heteroatoms. The number of aromatic nitrogens is 2. The van der Waals surface area contributed by atoms with Crippen molar-refractivity contribution in [3.63, 3.8) is 0 Å². The average molecular weight is 495 g/mol. The summed E-state index contributed by atoms with van der Waals surface area (Å²) in [5.41, 5.74) is 3.85. The molecule has 36 heavy (non-hydrogen) atoms. The van der Waals surface area contributed by atoms with Crippen molar-refractivity contribution < 1.29 is 19.2 Å². The monoisotopic (exact) mass is 494 g/mol. The van der Waals surface area contributed by atoms with Crippen molar-refractivity contribution in [3.8, 4) is 0 Å². The van der Waals surface area contributed by atoms with Crippen LogP contribution in [0.15, 0.2) is 48.8 Å². The predicted octanol–water partition coefficient (Wildman–Crippen LogP) is 2.00. The Kier molecular flexibility index (Phi) is 9.37. The van der Waals surface area contributed by atoms with Crippen LogP contribution < -0.4 is 15.7 Å². The van der Waals surface area contributed by atoms with Crippen LogP contribution >= 0.6 is 0 Å². The number of nitrogens with one attached hydrogen (secondary N) is 2. The first kappa shape index (κ1) is 25.7. The largest absolute Gasteiger partial charge is 0.350 e. The molecule has 2 aromatic rings. The second-order valence-corrected chi connectivity index (χ2v) is 8.98. The Morgan fingerprint density at radius 3 is 2.56 bits per heavy atom. The summed E-state index contributed by atoms with van der Waals surface area (Å²) in [4.78, 5) is 42.5. The van der Waals surface area contributed by atoms with Gasteiger partial charge in [0.2, 0.25) is 11.9 Å². The molecule has 0 radical (unpaired) electrons. The Balaban J connectivity index is 1.25. The number of hydroxylamine groups is 1. The SMILES string of the molecule is CC(=O)NC(C=Cc1ccccc1)CN1CCN(c2ncc(C(=O)NOC3CCCCO3)cn2)CC1. The van der Waals surface area contributed by atoms with Gasteiger partial charge in [-0.2, -0.15) is 0 Å². The van der Waals surface area contributed by atoms with Gasteiger partial charge in [-0.3, -0.25) is 14.5 Å². The third-order valence-electron chi connectivity index (χ3n) is 6.14. The summed E-state index contributed by atoms with van der Waals surface area (Å²) in [7, 11) is 0. The average Bonchev–Trinajstić information content (AvgIpc) is 2.92. The molecule has 2 fully saturated rings. The van der Waals surface area contributed by atoms with Crippen LogP contribution in [0.2, 0.25) is 0 Å². The summed E-state index contributed by atoms with van der Waals surface area (Å²) in [6.45, 7) is 6.04. The number of anilines is 1. The molecule has 192 valence electrons. The van der Waals surface area contributed by atoms with Gasteiger partial charge in [-0.25, -0.2) is 20.3 Å². The number of benzene rings is 1. The molecule has 2 saturated heterocycles. The van der Waals surface area contributed by atoms with Crippen molar-refractivity contribution in [1.29, 1.82) is 0 Å². The molecule has 1 aromatic heterocycles. The van der Waals surface area contributed by atoms with E-state index < -0.39 is 12.2 Å². The fraction of sp³-hybridized carbons (Fsp3) is 0.462. The lowest BCUT2D eigenvalue weighted by molar-refractivity contribution is -0.186. The summed E-state index contributed by atoms with van der Waals surface area (Å²) in [5, 5.41) is 3.03. The Bertz CT molecular complexity index is 1000. The van der Waals surface area contributed by atoms with Crippen LogP contribution in [0.25, 0.3) is 6.08 Å². The van der Waals surface area contributed by atoms with Gasteiger partial charge in [0.15, 0.2) is 6.29 Å². The highest BCUT2D eigenvalue weighted by Gasteiger charge is 2.22. The zero-order valence-electron chi connectivity index (χ0n) is 20.6. The number of hydrogen-bond donors (Lipinski definition) is 2. The maximum Gasteiger partial charge on any atom is 0.278 e. The molecule has 0 spiro atoms. The Morgan fingerprint density at radius 2 is 1.89 bits per heavy atom. The van der Waals surface area contributed by atoms with E-state index in [2.05, 4.69) is 30.6 Å². The fourth-order valence-electron chi connectivity index (χ4n) is 4.20. The van der Waals surface area contributed by atoms with Crippen molar-refractivity contribution in [2.45, 2.75) is 38.5 Å². The van der Waals surface area contributed by atoms with Crippen LogP contribution in [-0.4, -0.2) is 78.3 Å². The third-order valence-corrected chi connectivity index (χ3v) is 6.14. The zero-order chi connectivity index (χ0) is 25.2. The number of ether oxygens (including phenoxy) is 1. The number of hydrogen-bond acceptors (Lipinski definition) is 8. The summed E-state index contributed by atoms with van der Waals surface area (Å²) in [6, 6.07) is 9.96. The van der Waals surface area contributed by atoms with Crippen LogP contribution in [0, 0.1) is 0 Å². The number of piperazine rings is 1. The van der Waals surface area contributed by atoms with E-state index in [1.807, 2.05) is 42.5 Å². The van der Waals surface area contributed by atoms with E-state index in [0.717, 1.165) is 57.5 Å². The quantitative estimate of drug-likeness (QED) is 0.510. The minimum absolute atomic E-state index is 0.0504. The minimum Gasteiger partial charge on any atom is -0.350 e. The first-order chi connectivity index (χ1) is 17.6. The maximum atomic E-state index is 12.3. The Hall–Kier alpha value is -3.34. The molecule has 2 aliphatic rings. The maximum absolute atomic E-state index is 12.3. The molecule has 2 amide bonds. The predicted molar refractivity (Wildman–Crippen MR) is 136 cm³/mol. The second kappa shape index (κ2) is 13.1. The van der Waals surface area contributed by atoms with Gasteiger partial charge in [-0.1, -0.05) is 42.5 Å². The van der Waals surface area contributed by atoms with E-state index in [4.69, 9.17) is 9.57 Å². The number of carbonyl (C=O) groups excluding carboxylic acids is 2. The minimum atomic E-state index is -0.404. The van der Waals surface area contributed by atoms with Crippen LogP contribution in [0.3, 0.4) is 0 Å². The highest BCUT2D eigenvalue weighted by atomic mass is 16.8. The van der Waals surface area contributed by atoms with Crippen molar-refractivity contribution in [1.82, 2.24) is 25.7 Å². The molecular formula is C26H34N6O4. The molecule has 1 aromatic carbocycles. The summed E-state index contributed by atoms with van der Waals surface area (Å²) in [6.07, 6.45) is 9.49. The molecule has 0 saturated carbocycles. The highest BCUT2D eigenvalue weighted by Crippen LogP contribution is 2.14. The van der Waals surface area contributed by atoms with E-state index in [1.165, 1.54) is 12.4 Å². The standard InChI is InChI=1S/C26H34N6O4/c1-20(33)29-23(11-10-21-7-3-2-4-8-21)19-31-12-14-32(15-13-31)26-27-17-22(18-28-26)25(34)30-36-24-9-5-6-16-35-24/h2-4,7-8,10-11,17-18,23-24H,5-6,9,12-16,19H2,1H3,(H,29,33)(H,30,34). The molecule has 2 N–H and O–H groups in total. The van der Waals surface area contributed by atoms with Gasteiger partial charge in [0.25, 0.3) is 5.91 Å².